The number of unbranched alkanes of at least 4 members (excludes halogenated alkanes) is 15. The number of rotatable bonds is 31. The van der Waals surface area contributed by atoms with Gasteiger partial charge in [-0.3, -0.25) is 14.0 Å². The van der Waals surface area contributed by atoms with Crippen LogP contribution in [-0.4, -0.2) is 75.7 Å². The van der Waals surface area contributed by atoms with E-state index in [9.17, 15) is 9.83 Å². The lowest BCUT2D eigenvalue weighted by Crippen LogP contribution is -2.44. The summed E-state index contributed by atoms with van der Waals surface area (Å²) >= 11 is 6.50. The lowest BCUT2D eigenvalue weighted by atomic mass is 9.97. The SMILES string of the molecule is CCCCCCCCCCCCCCCCCCOC[C@H](COP(=O)(OC[C@@]1(C)OC(c2ccc3c(N)ncnn23)[C@@H]2OC(C)(C)O[C@@H]21)Oc1ccccc1Cl)OCc1cncc(C#N)c1. The van der Waals surface area contributed by atoms with Crippen molar-refractivity contribution in [3.05, 3.63) is 83.0 Å². The van der Waals surface area contributed by atoms with Gasteiger partial charge in [-0.25, -0.2) is 14.1 Å². The van der Waals surface area contributed by atoms with E-state index in [1.165, 1.54) is 96.0 Å². The molecule has 2 unspecified atom stereocenters. The van der Waals surface area contributed by atoms with Crippen molar-refractivity contribution in [2.45, 2.75) is 173 Å². The molecule has 2 N–H and O–H groups in total. The number of nitrogen functional groups attached to an aromatic ring is 1. The van der Waals surface area contributed by atoms with Gasteiger partial charge in [-0.15, -0.1) is 0 Å². The van der Waals surface area contributed by atoms with E-state index < -0.39 is 43.6 Å². The number of hydrogen-bond acceptors (Lipinski definition) is 14. The number of fused-ring (bicyclic) bond motifs is 2. The Morgan fingerprint density at radius 2 is 1.56 bits per heavy atom. The molecular formula is C49H70ClN6O9P. The first-order chi connectivity index (χ1) is 31.9. The van der Waals surface area contributed by atoms with Crippen LogP contribution in [0.1, 0.15) is 153 Å². The fourth-order valence-electron chi connectivity index (χ4n) is 8.50. The van der Waals surface area contributed by atoms with Gasteiger partial charge < -0.3 is 33.9 Å². The number of benzene rings is 1. The second-order valence-corrected chi connectivity index (χ2v) is 20.1. The summed E-state index contributed by atoms with van der Waals surface area (Å²) in [6.07, 6.45) is 22.4. The van der Waals surface area contributed by atoms with E-state index in [0.717, 1.165) is 19.3 Å². The molecule has 3 aromatic heterocycles. The van der Waals surface area contributed by atoms with Gasteiger partial charge in [0.15, 0.2) is 11.6 Å². The second-order valence-electron chi connectivity index (χ2n) is 18.1. The fraction of sp³-hybridized carbons (Fsp3) is 0.633. The highest BCUT2D eigenvalue weighted by molar-refractivity contribution is 7.49. The third-order valence-electron chi connectivity index (χ3n) is 12.1. The Morgan fingerprint density at radius 3 is 2.24 bits per heavy atom. The molecule has 4 aromatic rings. The van der Waals surface area contributed by atoms with Crippen molar-refractivity contribution in [3.63, 3.8) is 0 Å². The summed E-state index contributed by atoms with van der Waals surface area (Å²) in [5.74, 6) is -0.547. The molecule has 5 heterocycles. The van der Waals surface area contributed by atoms with Crippen LogP contribution in [0.3, 0.4) is 0 Å². The summed E-state index contributed by atoms with van der Waals surface area (Å²) in [6.45, 7) is 7.96. The minimum atomic E-state index is -4.49. The molecule has 66 heavy (non-hydrogen) atoms. The number of aromatic nitrogens is 4. The van der Waals surface area contributed by atoms with Crippen molar-refractivity contribution >= 4 is 30.8 Å². The first kappa shape index (κ1) is 51.7. The molecule has 0 amide bonds. The molecule has 17 heteroatoms. The lowest BCUT2D eigenvalue weighted by molar-refractivity contribution is -0.212. The van der Waals surface area contributed by atoms with Crippen molar-refractivity contribution in [1.82, 2.24) is 19.6 Å². The Bertz CT molecular complexity index is 2190. The van der Waals surface area contributed by atoms with E-state index in [-0.39, 0.29) is 37.2 Å². The zero-order valence-corrected chi connectivity index (χ0v) is 40.9. The van der Waals surface area contributed by atoms with Crippen LogP contribution in [0.2, 0.25) is 5.02 Å². The number of anilines is 1. The Morgan fingerprint density at radius 1 is 0.879 bits per heavy atom. The number of nitrogens with zero attached hydrogens (tertiary/aromatic N) is 5. The molecule has 2 aliphatic heterocycles. The van der Waals surface area contributed by atoms with Gasteiger partial charge in [0.1, 0.15) is 53.7 Å². The molecule has 0 radical (unpaired) electrons. The normalized spacial score (nSPS) is 21.4. The molecule has 6 rings (SSSR count). The van der Waals surface area contributed by atoms with Crippen LogP contribution in [-0.2, 0) is 43.9 Å². The summed E-state index contributed by atoms with van der Waals surface area (Å²) in [6, 6.07) is 14.1. The molecule has 6 atom stereocenters. The van der Waals surface area contributed by atoms with Crippen molar-refractivity contribution in [1.29, 1.82) is 5.26 Å². The molecule has 15 nitrogen and oxygen atoms in total. The van der Waals surface area contributed by atoms with Gasteiger partial charge in [0.05, 0.1) is 42.7 Å². The van der Waals surface area contributed by atoms with E-state index in [4.69, 9.17) is 54.6 Å². The third kappa shape index (κ3) is 15.2. The summed E-state index contributed by atoms with van der Waals surface area (Å²) < 4.78 is 66.8. The predicted octanol–water partition coefficient (Wildman–Crippen LogP) is 11.7. The minimum Gasteiger partial charge on any atom is -0.402 e. The largest absolute Gasteiger partial charge is 0.530 e. The van der Waals surface area contributed by atoms with Crippen LogP contribution in [0.4, 0.5) is 5.82 Å². The first-order valence-corrected chi connectivity index (χ1v) is 25.7. The van der Waals surface area contributed by atoms with Crippen LogP contribution >= 0.6 is 19.4 Å². The summed E-state index contributed by atoms with van der Waals surface area (Å²) in [4.78, 5) is 8.27. The summed E-state index contributed by atoms with van der Waals surface area (Å²) in [5.41, 5.74) is 7.30. The van der Waals surface area contributed by atoms with E-state index in [2.05, 4.69) is 28.1 Å². The monoisotopic (exact) mass is 952 g/mol. The van der Waals surface area contributed by atoms with E-state index in [1.807, 2.05) is 26.0 Å². The fourth-order valence-corrected chi connectivity index (χ4v) is 10.1. The number of nitrogens with two attached hydrogens (primary N) is 1. The number of para-hydroxylation sites is 1. The number of hydrogen-bond donors (Lipinski definition) is 1. The maximum Gasteiger partial charge on any atom is 0.530 e. The maximum absolute atomic E-state index is 14.8. The Labute approximate surface area is 395 Å². The average molecular weight is 954 g/mol. The molecule has 2 aliphatic rings. The van der Waals surface area contributed by atoms with Crippen LogP contribution in [0.25, 0.3) is 5.52 Å². The molecule has 2 fully saturated rings. The smallest absolute Gasteiger partial charge is 0.402 e. The number of phosphoric acid groups is 1. The topological polar surface area (TPSA) is 184 Å². The molecule has 362 valence electrons. The zero-order chi connectivity index (χ0) is 46.8. The van der Waals surface area contributed by atoms with Gasteiger partial charge in [-0.2, -0.15) is 10.4 Å². The highest BCUT2D eigenvalue weighted by Gasteiger charge is 2.62. The Hall–Kier alpha value is -3.68. The number of nitriles is 1. The van der Waals surface area contributed by atoms with Gasteiger partial charge >= 0.3 is 7.82 Å². The van der Waals surface area contributed by atoms with Gasteiger partial charge in [0.25, 0.3) is 0 Å². The third-order valence-corrected chi connectivity index (χ3v) is 13.7. The number of ether oxygens (including phenoxy) is 5. The number of halogens is 1. The summed E-state index contributed by atoms with van der Waals surface area (Å²) in [7, 11) is -4.49. The van der Waals surface area contributed by atoms with Crippen molar-refractivity contribution in [2.24, 2.45) is 0 Å². The van der Waals surface area contributed by atoms with E-state index in [0.29, 0.717) is 34.8 Å². The maximum atomic E-state index is 14.8. The zero-order valence-electron chi connectivity index (χ0n) is 39.2. The van der Waals surface area contributed by atoms with Crippen molar-refractivity contribution in [2.75, 3.05) is 32.2 Å². The predicted molar refractivity (Wildman–Crippen MR) is 253 cm³/mol. The number of phosphoric ester groups is 1. The van der Waals surface area contributed by atoms with Crippen LogP contribution in [0.5, 0.6) is 5.75 Å². The first-order valence-electron chi connectivity index (χ1n) is 23.9. The number of pyridine rings is 1. The highest BCUT2D eigenvalue weighted by atomic mass is 35.5. The van der Waals surface area contributed by atoms with Crippen molar-refractivity contribution < 1.29 is 41.8 Å². The van der Waals surface area contributed by atoms with Gasteiger partial charge in [0.2, 0.25) is 0 Å². The van der Waals surface area contributed by atoms with Gasteiger partial charge in [-0.1, -0.05) is 127 Å². The second kappa shape index (κ2) is 25.6. The molecule has 0 aliphatic carbocycles. The quantitative estimate of drug-likeness (QED) is 0.0371. The molecular weight excluding hydrogens is 883 g/mol. The van der Waals surface area contributed by atoms with Gasteiger partial charge in [-0.05, 0) is 63.1 Å². The average Bonchev–Trinajstić information content (AvgIpc) is 3.97. The van der Waals surface area contributed by atoms with Crippen LogP contribution in [0, 0.1) is 11.3 Å². The van der Waals surface area contributed by atoms with Crippen molar-refractivity contribution in [3.8, 4) is 11.8 Å². The molecule has 2 saturated heterocycles. The van der Waals surface area contributed by atoms with Crippen LogP contribution in [0.15, 0.2) is 61.2 Å². The lowest BCUT2D eigenvalue weighted by Gasteiger charge is -2.32. The molecule has 1 aromatic carbocycles. The Balaban J connectivity index is 1.04. The summed E-state index contributed by atoms with van der Waals surface area (Å²) in [5, 5.41) is 14.1. The Kier molecular flexibility index (Phi) is 20.1. The molecule has 0 spiro atoms. The highest BCUT2D eigenvalue weighted by Crippen LogP contribution is 2.55. The molecule has 0 bridgehead atoms. The molecule has 0 saturated carbocycles. The van der Waals surface area contributed by atoms with E-state index in [1.54, 1.807) is 48.0 Å². The van der Waals surface area contributed by atoms with Crippen LogP contribution < -0.4 is 10.3 Å². The minimum absolute atomic E-state index is 0.101. The standard InChI is InChI=1S/C49H70ClN6O9P/c1-5-6-7-8-9-10-11-12-13-14-15-16-17-18-19-22-27-58-33-39(59-32-38-28-37(29-51)30-53-31-38)34-60-66(57,65-43-24-21-20-23-40(43)50)61-35-49(4)46-45(62-48(2,3)64-46)44(63-49)41-25-26-42-47(52)54-36-55-56(41)42/h20-21,23-26,28,30-31,36,39,44-46H,5-19,22,27,32-35H2,1-4H3,(H2,52,54,55)/t39-,44?,45+,46+,49-,66?/m1/s1. The van der Waals surface area contributed by atoms with E-state index >= 15 is 0 Å². The van der Waals surface area contributed by atoms with Gasteiger partial charge in [0, 0.05) is 19.0 Å².